The Morgan fingerprint density at radius 1 is 1.26 bits per heavy atom. The van der Waals surface area contributed by atoms with E-state index in [9.17, 15) is 19.1 Å². The van der Waals surface area contributed by atoms with Crippen LogP contribution in [0.5, 0.6) is 0 Å². The van der Waals surface area contributed by atoms with Crippen molar-refractivity contribution in [2.75, 3.05) is 58.3 Å². The van der Waals surface area contributed by atoms with Crippen molar-refractivity contribution in [3.8, 4) is 0 Å². The van der Waals surface area contributed by atoms with E-state index in [2.05, 4.69) is 22.8 Å². The number of likely N-dealkylation sites (tertiary alicyclic amines) is 1. The Hall–Kier alpha value is -2.46. The highest BCUT2D eigenvalue weighted by Crippen LogP contribution is 2.20. The Bertz CT molecular complexity index is 821. The number of aromatic nitrogens is 1. The number of methoxy groups -OCH3 is 1. The molecule has 196 valence electrons. The molecule has 1 aromatic rings. The van der Waals surface area contributed by atoms with E-state index in [4.69, 9.17) is 9.72 Å². The monoisotopic (exact) mass is 493 g/mol. The second-order valence-electron chi connectivity index (χ2n) is 9.47. The lowest BCUT2D eigenvalue weighted by atomic mass is 10.1. The van der Waals surface area contributed by atoms with Crippen molar-refractivity contribution in [1.29, 1.82) is 0 Å². The number of rotatable bonds is 14. The summed E-state index contributed by atoms with van der Waals surface area (Å²) in [6.07, 6.45) is 5.70. The van der Waals surface area contributed by atoms with Crippen LogP contribution < -0.4 is 10.6 Å². The number of aliphatic carboxylic acids is 1. The molecule has 0 aliphatic carbocycles. The fourth-order valence-corrected chi connectivity index (χ4v) is 4.69. The Morgan fingerprint density at radius 2 is 2.06 bits per heavy atom. The average Bonchev–Trinajstić information content (AvgIpc) is 3.39. The number of alkyl halides is 1. The van der Waals surface area contributed by atoms with Crippen molar-refractivity contribution in [1.82, 2.24) is 20.1 Å². The van der Waals surface area contributed by atoms with Crippen LogP contribution in [0.2, 0.25) is 0 Å². The molecule has 0 aromatic carbocycles. The van der Waals surface area contributed by atoms with Crippen LogP contribution in [0, 0.1) is 0 Å². The van der Waals surface area contributed by atoms with Crippen LogP contribution in [0.3, 0.4) is 0 Å². The molecule has 0 spiro atoms. The van der Waals surface area contributed by atoms with Crippen molar-refractivity contribution in [2.45, 2.75) is 63.6 Å². The fraction of sp³-hybridized carbons (Fsp3) is 0.720. The number of carbonyl (C=O) groups excluding carboxylic acids is 1. The molecule has 0 saturated carbocycles. The van der Waals surface area contributed by atoms with Crippen LogP contribution in [0.4, 0.5) is 15.0 Å². The van der Waals surface area contributed by atoms with Gasteiger partial charge in [0.25, 0.3) is 0 Å². The molecule has 35 heavy (non-hydrogen) atoms. The highest BCUT2D eigenvalue weighted by molar-refractivity contribution is 5.82. The number of halogens is 1. The van der Waals surface area contributed by atoms with E-state index in [0.717, 1.165) is 63.0 Å². The zero-order chi connectivity index (χ0) is 25.0. The number of hydrogen-bond acceptors (Lipinski definition) is 6. The van der Waals surface area contributed by atoms with Crippen molar-refractivity contribution in [3.63, 3.8) is 0 Å². The SMILES string of the molecule is COC[C@@H](F)CN(CCCCc1ccc2c(n1)NCCC2)CC[C@H](NC(=O)N1CCCC1)C(=O)O. The molecule has 1 fully saturated rings. The summed E-state index contributed by atoms with van der Waals surface area (Å²) in [4.78, 5) is 32.4. The Morgan fingerprint density at radius 3 is 2.80 bits per heavy atom. The summed E-state index contributed by atoms with van der Waals surface area (Å²) in [5.74, 6) is -0.0795. The number of fused-ring (bicyclic) bond motifs is 1. The number of amides is 2. The third-order valence-corrected chi connectivity index (χ3v) is 6.64. The first-order valence-electron chi connectivity index (χ1n) is 12.8. The molecule has 3 heterocycles. The van der Waals surface area contributed by atoms with Gasteiger partial charge >= 0.3 is 12.0 Å². The summed E-state index contributed by atoms with van der Waals surface area (Å²) in [5, 5.41) is 15.6. The Balaban J connectivity index is 1.48. The van der Waals surface area contributed by atoms with Gasteiger partial charge in [0.05, 0.1) is 6.61 Å². The van der Waals surface area contributed by atoms with Crippen molar-refractivity contribution < 1.29 is 23.8 Å². The number of nitrogens with zero attached hydrogens (tertiary/aromatic N) is 3. The molecule has 1 saturated heterocycles. The van der Waals surface area contributed by atoms with Gasteiger partial charge in [-0.25, -0.2) is 19.0 Å². The molecular formula is C25H40FN5O4. The van der Waals surface area contributed by atoms with E-state index in [1.54, 1.807) is 4.90 Å². The highest BCUT2D eigenvalue weighted by Gasteiger charge is 2.26. The number of anilines is 1. The average molecular weight is 494 g/mol. The molecule has 3 N–H and O–H groups in total. The molecule has 2 aliphatic rings. The predicted octanol–water partition coefficient (Wildman–Crippen LogP) is 2.70. The smallest absolute Gasteiger partial charge is 0.326 e. The van der Waals surface area contributed by atoms with Gasteiger partial charge in [-0.3, -0.25) is 0 Å². The van der Waals surface area contributed by atoms with Gasteiger partial charge in [-0.15, -0.1) is 0 Å². The number of aryl methyl sites for hydroxylation is 2. The van der Waals surface area contributed by atoms with Gasteiger partial charge in [-0.1, -0.05) is 6.07 Å². The normalized spacial score (nSPS) is 17.1. The number of nitrogens with one attached hydrogen (secondary N) is 2. The topological polar surface area (TPSA) is 107 Å². The molecular weight excluding hydrogens is 453 g/mol. The minimum Gasteiger partial charge on any atom is -0.480 e. The van der Waals surface area contributed by atoms with Crippen LogP contribution in [0.1, 0.15) is 49.8 Å². The number of ether oxygens (including phenoxy) is 1. The van der Waals surface area contributed by atoms with Gasteiger partial charge < -0.3 is 30.3 Å². The maximum absolute atomic E-state index is 14.3. The summed E-state index contributed by atoms with van der Waals surface area (Å²) in [6, 6.07) is 2.90. The molecule has 3 rings (SSSR count). The molecule has 2 aliphatic heterocycles. The van der Waals surface area contributed by atoms with Crippen molar-refractivity contribution in [2.24, 2.45) is 0 Å². The van der Waals surface area contributed by atoms with Crippen LogP contribution in [-0.4, -0.2) is 97.1 Å². The summed E-state index contributed by atoms with van der Waals surface area (Å²) in [6.45, 7) is 3.44. The van der Waals surface area contributed by atoms with E-state index >= 15 is 0 Å². The zero-order valence-corrected chi connectivity index (χ0v) is 20.8. The van der Waals surface area contributed by atoms with Crippen LogP contribution in [-0.2, 0) is 22.4 Å². The van der Waals surface area contributed by atoms with Crippen LogP contribution in [0.25, 0.3) is 0 Å². The number of pyridine rings is 1. The predicted molar refractivity (Wildman–Crippen MR) is 133 cm³/mol. The first-order valence-corrected chi connectivity index (χ1v) is 12.8. The van der Waals surface area contributed by atoms with Gasteiger partial charge in [0.2, 0.25) is 0 Å². The van der Waals surface area contributed by atoms with Gasteiger partial charge in [0.1, 0.15) is 18.0 Å². The van der Waals surface area contributed by atoms with E-state index < -0.39 is 18.2 Å². The van der Waals surface area contributed by atoms with Crippen molar-refractivity contribution in [3.05, 3.63) is 23.4 Å². The van der Waals surface area contributed by atoms with E-state index in [1.807, 2.05) is 4.90 Å². The lowest BCUT2D eigenvalue weighted by molar-refractivity contribution is -0.139. The molecule has 0 radical (unpaired) electrons. The number of urea groups is 1. The van der Waals surface area contributed by atoms with E-state index in [1.165, 1.54) is 12.7 Å². The quantitative estimate of drug-likeness (QED) is 0.342. The number of carboxylic acids is 1. The molecule has 0 bridgehead atoms. The van der Waals surface area contributed by atoms with Crippen LogP contribution in [0.15, 0.2) is 12.1 Å². The molecule has 1 aromatic heterocycles. The van der Waals surface area contributed by atoms with Gasteiger partial charge in [-0.05, 0) is 69.5 Å². The van der Waals surface area contributed by atoms with E-state index in [-0.39, 0.29) is 25.6 Å². The molecule has 2 amide bonds. The second kappa shape index (κ2) is 14.2. The van der Waals surface area contributed by atoms with Gasteiger partial charge in [0.15, 0.2) is 0 Å². The number of unbranched alkanes of at least 4 members (excludes halogenated alkanes) is 1. The molecule has 9 nitrogen and oxygen atoms in total. The summed E-state index contributed by atoms with van der Waals surface area (Å²) in [5.41, 5.74) is 2.31. The number of carboxylic acid groups (broad SMARTS) is 1. The fourth-order valence-electron chi connectivity index (χ4n) is 4.69. The maximum Gasteiger partial charge on any atom is 0.326 e. The minimum atomic E-state index is -1.16. The van der Waals surface area contributed by atoms with Crippen molar-refractivity contribution >= 4 is 17.8 Å². The Labute approximate surface area is 207 Å². The van der Waals surface area contributed by atoms with Gasteiger partial charge in [-0.2, -0.15) is 0 Å². The maximum atomic E-state index is 14.3. The summed E-state index contributed by atoms with van der Waals surface area (Å²) < 4.78 is 19.2. The van der Waals surface area contributed by atoms with Gasteiger partial charge in [0, 0.05) is 45.5 Å². The standard InChI is InChI=1S/C25H40FN5O4/c1-35-18-20(26)17-30(16-11-22(24(32)33)29-25(34)31-14-4-5-15-31)13-3-2-8-21-10-9-19-7-6-12-27-23(19)28-21/h9-10,20,22H,2-8,11-18H2,1H3,(H,27,28)(H,29,34)(H,32,33)/t20-,22-/m0/s1. The lowest BCUT2D eigenvalue weighted by Gasteiger charge is -2.26. The lowest BCUT2D eigenvalue weighted by Crippen LogP contribution is -2.48. The van der Waals surface area contributed by atoms with Crippen LogP contribution >= 0.6 is 0 Å². The van der Waals surface area contributed by atoms with E-state index in [0.29, 0.717) is 26.2 Å². The summed E-state index contributed by atoms with van der Waals surface area (Å²) >= 11 is 0. The largest absolute Gasteiger partial charge is 0.480 e. The first kappa shape index (κ1) is 27.1. The molecule has 0 unspecified atom stereocenters. The zero-order valence-electron chi connectivity index (χ0n) is 20.8. The third kappa shape index (κ3) is 8.92. The molecule has 2 atom stereocenters. The minimum absolute atomic E-state index is 0.00337. The highest BCUT2D eigenvalue weighted by atomic mass is 19.1. The third-order valence-electron chi connectivity index (χ3n) is 6.64. The number of carbonyl (C=O) groups is 2. The second-order valence-corrected chi connectivity index (χ2v) is 9.47. The summed E-state index contributed by atoms with van der Waals surface area (Å²) in [7, 11) is 1.46. The Kier molecular flexibility index (Phi) is 11.0. The number of hydrogen-bond donors (Lipinski definition) is 3. The molecule has 10 heteroatoms. The first-order chi connectivity index (χ1) is 17.0.